The summed E-state index contributed by atoms with van der Waals surface area (Å²) in [5.41, 5.74) is -1.07. The van der Waals surface area contributed by atoms with E-state index in [9.17, 15) is 13.6 Å². The molecule has 144 valence electrons. The molecule has 1 aromatic rings. The summed E-state index contributed by atoms with van der Waals surface area (Å²) in [5.74, 6) is 0. The monoisotopic (exact) mass is 361 g/mol. The van der Waals surface area contributed by atoms with Gasteiger partial charge in [0.2, 0.25) is 0 Å². The minimum absolute atomic E-state index is 0.0230. The van der Waals surface area contributed by atoms with Gasteiger partial charge >= 0.3 is 6.09 Å². The number of rotatable bonds is 3. The zero-order chi connectivity index (χ0) is 19.0. The first-order chi connectivity index (χ1) is 11.7. The second-order valence-electron chi connectivity index (χ2n) is 6.94. The number of anilines is 1. The third-order valence-electron chi connectivity index (χ3n) is 3.55. The molecule has 0 atom stereocenters. The van der Waals surface area contributed by atoms with Crippen molar-refractivity contribution in [3.8, 4) is 0 Å². The van der Waals surface area contributed by atoms with Crippen LogP contribution in [0, 0.1) is 0 Å². The van der Waals surface area contributed by atoms with Gasteiger partial charge in [-0.2, -0.15) is 5.10 Å². The minimum Gasteiger partial charge on any atom is -0.444 e. The number of aromatic nitrogens is 2. The number of halogens is 2. The van der Waals surface area contributed by atoms with Crippen LogP contribution >= 0.6 is 0 Å². The molecule has 0 saturated heterocycles. The molecule has 0 radical (unpaired) electrons. The number of aliphatic hydroxyl groups excluding tert-OH is 1. The molecule has 1 fully saturated rings. The van der Waals surface area contributed by atoms with E-state index in [-0.39, 0.29) is 18.3 Å². The van der Waals surface area contributed by atoms with Gasteiger partial charge in [0.1, 0.15) is 5.60 Å². The van der Waals surface area contributed by atoms with E-state index in [0.29, 0.717) is 0 Å². The Bertz CT molecular complexity index is 536. The summed E-state index contributed by atoms with van der Waals surface area (Å²) in [6.07, 6.45) is 3.16. The number of carbonyl (C=O) groups excluding carboxylic acids is 1. The van der Waals surface area contributed by atoms with Gasteiger partial charge in [-0.25, -0.2) is 13.6 Å². The molecule has 1 aromatic heterocycles. The fourth-order valence-corrected chi connectivity index (χ4v) is 2.61. The molecule has 0 bridgehead atoms. The molecular weight excluding hydrogens is 332 g/mol. The van der Waals surface area contributed by atoms with Gasteiger partial charge in [-0.1, -0.05) is 19.3 Å². The zero-order valence-electron chi connectivity index (χ0n) is 15.4. The molecule has 0 aromatic carbocycles. The Morgan fingerprint density at radius 1 is 1.40 bits per heavy atom. The normalized spacial score (nSPS) is 15.5. The SMILES string of the molecule is CC(C)(C)OC(=O)Nc1cn(C2CCCCC2)nc1C(F)F.CCO. The van der Waals surface area contributed by atoms with E-state index in [1.54, 1.807) is 32.4 Å². The van der Waals surface area contributed by atoms with Gasteiger partial charge in [-0.15, -0.1) is 0 Å². The molecule has 8 heteroatoms. The highest BCUT2D eigenvalue weighted by atomic mass is 19.3. The van der Waals surface area contributed by atoms with E-state index in [0.717, 1.165) is 25.7 Å². The first-order valence-corrected chi connectivity index (χ1v) is 8.66. The quantitative estimate of drug-likeness (QED) is 0.820. The standard InChI is InChI=1S/C15H23F2N3O2.C2H6O/c1-15(2,3)22-14(21)18-11-9-20(19-12(11)13(16)17)10-7-5-4-6-8-10;1-2-3/h9-10,13H,4-8H2,1-3H3,(H,18,21);3H,2H2,1H3. The number of hydrogen-bond acceptors (Lipinski definition) is 4. The van der Waals surface area contributed by atoms with Crippen molar-refractivity contribution >= 4 is 11.8 Å². The van der Waals surface area contributed by atoms with Crippen LogP contribution in [-0.2, 0) is 4.74 Å². The number of hydrogen-bond donors (Lipinski definition) is 2. The van der Waals surface area contributed by atoms with Gasteiger partial charge in [-0.3, -0.25) is 10.00 Å². The Morgan fingerprint density at radius 2 is 1.96 bits per heavy atom. The van der Waals surface area contributed by atoms with Crippen LogP contribution in [0.2, 0.25) is 0 Å². The highest BCUT2D eigenvalue weighted by Crippen LogP contribution is 2.32. The number of aliphatic hydroxyl groups is 1. The van der Waals surface area contributed by atoms with Crippen LogP contribution in [0.4, 0.5) is 19.3 Å². The molecule has 0 aliphatic heterocycles. The molecular formula is C17H29F2N3O3. The summed E-state index contributed by atoms with van der Waals surface area (Å²) in [6.45, 7) is 7.07. The second kappa shape index (κ2) is 9.70. The third kappa shape index (κ3) is 7.37. The lowest BCUT2D eigenvalue weighted by Crippen LogP contribution is -2.27. The second-order valence-corrected chi connectivity index (χ2v) is 6.94. The van der Waals surface area contributed by atoms with Gasteiger partial charge in [0.25, 0.3) is 6.43 Å². The lowest BCUT2D eigenvalue weighted by molar-refractivity contribution is 0.0635. The fourth-order valence-electron chi connectivity index (χ4n) is 2.61. The molecule has 2 N–H and O–H groups in total. The molecule has 6 nitrogen and oxygen atoms in total. The Hall–Kier alpha value is -1.70. The minimum atomic E-state index is -2.74. The van der Waals surface area contributed by atoms with Gasteiger partial charge in [0, 0.05) is 12.8 Å². The molecule has 0 unspecified atom stereocenters. The van der Waals surface area contributed by atoms with Crippen LogP contribution < -0.4 is 5.32 Å². The molecule has 1 aliphatic carbocycles. The van der Waals surface area contributed by atoms with Gasteiger partial charge in [-0.05, 0) is 40.5 Å². The average Bonchev–Trinajstić information content (AvgIpc) is 2.91. The van der Waals surface area contributed by atoms with E-state index < -0.39 is 23.8 Å². The summed E-state index contributed by atoms with van der Waals surface area (Å²) in [6, 6.07) is 0.125. The molecule has 2 rings (SSSR count). The van der Waals surface area contributed by atoms with Gasteiger partial charge in [0.05, 0.1) is 11.7 Å². The van der Waals surface area contributed by atoms with Crippen LogP contribution in [0.25, 0.3) is 0 Å². The molecule has 1 aliphatic rings. The summed E-state index contributed by atoms with van der Waals surface area (Å²) in [7, 11) is 0. The highest BCUT2D eigenvalue weighted by molar-refractivity contribution is 5.85. The first-order valence-electron chi connectivity index (χ1n) is 8.66. The fraction of sp³-hybridized carbons (Fsp3) is 0.765. The molecule has 0 spiro atoms. The number of ether oxygens (including phenoxy) is 1. The predicted molar refractivity (Wildman–Crippen MR) is 91.9 cm³/mol. The predicted octanol–water partition coefficient (Wildman–Crippen LogP) is 4.67. The van der Waals surface area contributed by atoms with Crippen molar-refractivity contribution in [1.29, 1.82) is 0 Å². The number of nitrogens with zero attached hydrogens (tertiary/aromatic N) is 2. The molecule has 1 saturated carbocycles. The van der Waals surface area contributed by atoms with Crippen LogP contribution in [0.1, 0.15) is 78.0 Å². The van der Waals surface area contributed by atoms with E-state index >= 15 is 0 Å². The maximum atomic E-state index is 13.1. The van der Waals surface area contributed by atoms with Crippen LogP contribution in [0.3, 0.4) is 0 Å². The van der Waals surface area contributed by atoms with Crippen molar-refractivity contribution < 1.29 is 23.4 Å². The smallest absolute Gasteiger partial charge is 0.412 e. The molecule has 25 heavy (non-hydrogen) atoms. The Balaban J connectivity index is 0.000000970. The summed E-state index contributed by atoms with van der Waals surface area (Å²) >= 11 is 0. The summed E-state index contributed by atoms with van der Waals surface area (Å²) in [5, 5.41) is 13.9. The topological polar surface area (TPSA) is 76.4 Å². The number of nitrogens with one attached hydrogen (secondary N) is 1. The Morgan fingerprint density at radius 3 is 2.44 bits per heavy atom. The first kappa shape index (κ1) is 21.3. The van der Waals surface area contributed by atoms with Crippen molar-refractivity contribution in [2.75, 3.05) is 11.9 Å². The largest absolute Gasteiger partial charge is 0.444 e. The van der Waals surface area contributed by atoms with Crippen molar-refractivity contribution in [2.45, 2.75) is 77.9 Å². The van der Waals surface area contributed by atoms with E-state index in [2.05, 4.69) is 10.4 Å². The van der Waals surface area contributed by atoms with Crippen LogP contribution in [0.5, 0.6) is 0 Å². The summed E-state index contributed by atoms with van der Waals surface area (Å²) < 4.78 is 32.9. The highest BCUT2D eigenvalue weighted by Gasteiger charge is 2.25. The lowest BCUT2D eigenvalue weighted by Gasteiger charge is -2.21. The Kier molecular flexibility index (Phi) is 8.28. The maximum Gasteiger partial charge on any atom is 0.412 e. The van der Waals surface area contributed by atoms with Crippen molar-refractivity contribution in [3.63, 3.8) is 0 Å². The number of amides is 1. The van der Waals surface area contributed by atoms with Crippen LogP contribution in [-0.4, -0.2) is 33.2 Å². The van der Waals surface area contributed by atoms with Crippen molar-refractivity contribution in [2.24, 2.45) is 0 Å². The van der Waals surface area contributed by atoms with Crippen molar-refractivity contribution in [1.82, 2.24) is 9.78 Å². The third-order valence-corrected chi connectivity index (χ3v) is 3.55. The zero-order valence-corrected chi connectivity index (χ0v) is 15.4. The van der Waals surface area contributed by atoms with E-state index in [1.165, 1.54) is 12.6 Å². The van der Waals surface area contributed by atoms with Gasteiger partial charge < -0.3 is 9.84 Å². The molecule has 1 heterocycles. The number of alkyl halides is 2. The lowest BCUT2D eigenvalue weighted by atomic mass is 9.96. The summed E-state index contributed by atoms with van der Waals surface area (Å²) in [4.78, 5) is 11.8. The Labute approximate surface area is 147 Å². The van der Waals surface area contributed by atoms with E-state index in [4.69, 9.17) is 9.84 Å². The average molecular weight is 361 g/mol. The van der Waals surface area contributed by atoms with Gasteiger partial charge in [0.15, 0.2) is 5.69 Å². The van der Waals surface area contributed by atoms with E-state index in [1.807, 2.05) is 0 Å². The van der Waals surface area contributed by atoms with Crippen LogP contribution in [0.15, 0.2) is 6.20 Å². The number of carbonyl (C=O) groups is 1. The van der Waals surface area contributed by atoms with Crippen molar-refractivity contribution in [3.05, 3.63) is 11.9 Å². The molecule has 1 amide bonds. The maximum absolute atomic E-state index is 13.1.